The average Bonchev–Trinajstić information content (AvgIpc) is 2.46. The molecule has 20 heavy (non-hydrogen) atoms. The van der Waals surface area contributed by atoms with Crippen LogP contribution in [0.5, 0.6) is 0 Å². The lowest BCUT2D eigenvalue weighted by atomic mass is 9.96. The quantitative estimate of drug-likeness (QED) is 0.531. The summed E-state index contributed by atoms with van der Waals surface area (Å²) >= 11 is 5.04. The summed E-state index contributed by atoms with van der Waals surface area (Å²) in [6, 6.07) is 0.327. The molecule has 108 valence electrons. The number of thiocarbonyl (C=S) groups is 1. The van der Waals surface area contributed by atoms with Crippen molar-refractivity contribution >= 4 is 23.2 Å². The van der Waals surface area contributed by atoms with Crippen molar-refractivity contribution in [3.05, 3.63) is 24.3 Å². The number of hydrogen-bond donors (Lipinski definition) is 3. The van der Waals surface area contributed by atoms with E-state index in [1.54, 1.807) is 0 Å². The van der Waals surface area contributed by atoms with E-state index in [9.17, 15) is 10.0 Å². The molecule has 2 aliphatic rings. The zero-order valence-corrected chi connectivity index (χ0v) is 11.8. The molecule has 0 aromatic carbocycles. The first-order valence-corrected chi connectivity index (χ1v) is 6.95. The summed E-state index contributed by atoms with van der Waals surface area (Å²) < 4.78 is 0. The molecule has 0 aromatic rings. The van der Waals surface area contributed by atoms with E-state index >= 15 is 0 Å². The predicted molar refractivity (Wildman–Crippen MR) is 76.5 cm³/mol. The number of nitrogens with one attached hydrogen (secondary N) is 2. The zero-order chi connectivity index (χ0) is 14.4. The molecule has 0 bridgehead atoms. The second-order valence-corrected chi connectivity index (χ2v) is 5.06. The van der Waals surface area contributed by atoms with Gasteiger partial charge in [0.15, 0.2) is 0 Å². The van der Waals surface area contributed by atoms with Crippen molar-refractivity contribution < 1.29 is 10.0 Å². The Morgan fingerprint density at radius 1 is 1.40 bits per heavy atom. The first kappa shape index (κ1) is 14.6. The minimum absolute atomic E-state index is 0.124. The topological polar surface area (TPSA) is 89.3 Å². The Kier molecular flexibility index (Phi) is 5.19. The lowest BCUT2D eigenvalue weighted by Gasteiger charge is -2.22. The van der Waals surface area contributed by atoms with Crippen LogP contribution in [-0.2, 0) is 4.79 Å². The van der Waals surface area contributed by atoms with E-state index in [1.807, 2.05) is 0 Å². The number of carbonyl (C=O) groups excluding carboxylic acids is 1. The Morgan fingerprint density at radius 3 is 2.85 bits per heavy atom. The van der Waals surface area contributed by atoms with E-state index in [-0.39, 0.29) is 10.8 Å². The number of rotatable bonds is 2. The molecule has 1 fully saturated rings. The zero-order valence-electron chi connectivity index (χ0n) is 11.0. The highest BCUT2D eigenvalue weighted by atomic mass is 32.1. The lowest BCUT2D eigenvalue weighted by Crippen LogP contribution is -2.34. The van der Waals surface area contributed by atoms with Crippen molar-refractivity contribution in [3.8, 4) is 0 Å². The third-order valence-electron chi connectivity index (χ3n) is 3.12. The Morgan fingerprint density at radius 2 is 2.15 bits per heavy atom. The summed E-state index contributed by atoms with van der Waals surface area (Å²) in [5.74, 6) is -0.596. The number of azo groups is 1. The maximum Gasteiger partial charge on any atom is 0.313 e. The van der Waals surface area contributed by atoms with Crippen LogP contribution in [0.15, 0.2) is 34.5 Å². The molecule has 8 heteroatoms. The summed E-state index contributed by atoms with van der Waals surface area (Å²) in [5, 5.41) is 23.2. The number of amides is 1. The van der Waals surface area contributed by atoms with Crippen LogP contribution in [-0.4, -0.2) is 27.3 Å². The molecule has 0 radical (unpaired) electrons. The lowest BCUT2D eigenvalue weighted by molar-refractivity contribution is -0.115. The SMILES string of the molecule is O=C(N=NC(=S)NC1CCCCC1)C1=CN(O)C=CN1. The predicted octanol–water partition coefficient (Wildman–Crippen LogP) is 1.78. The van der Waals surface area contributed by atoms with Gasteiger partial charge in [-0.25, -0.2) is 5.06 Å². The Balaban J connectivity index is 1.82. The van der Waals surface area contributed by atoms with Crippen LogP contribution in [0.25, 0.3) is 0 Å². The van der Waals surface area contributed by atoms with E-state index in [0.717, 1.165) is 17.9 Å². The smallest absolute Gasteiger partial charge is 0.313 e. The number of nitrogens with zero attached hydrogens (tertiary/aromatic N) is 3. The van der Waals surface area contributed by atoms with Gasteiger partial charge in [0, 0.05) is 18.4 Å². The van der Waals surface area contributed by atoms with E-state index < -0.39 is 5.91 Å². The molecule has 0 aromatic heterocycles. The first-order valence-electron chi connectivity index (χ1n) is 6.54. The van der Waals surface area contributed by atoms with Gasteiger partial charge in [0.25, 0.3) is 0 Å². The Bertz CT molecular complexity index is 468. The molecule has 1 heterocycles. The number of carbonyl (C=O) groups is 1. The summed E-state index contributed by atoms with van der Waals surface area (Å²) in [7, 11) is 0. The van der Waals surface area contributed by atoms with Crippen LogP contribution < -0.4 is 10.6 Å². The van der Waals surface area contributed by atoms with Gasteiger partial charge >= 0.3 is 5.91 Å². The molecular weight excluding hydrogens is 278 g/mol. The van der Waals surface area contributed by atoms with Gasteiger partial charge in [-0.1, -0.05) is 19.3 Å². The molecule has 1 amide bonds. The summed E-state index contributed by atoms with van der Waals surface area (Å²) in [5.41, 5.74) is 0.124. The van der Waals surface area contributed by atoms with Crippen LogP contribution in [0.2, 0.25) is 0 Å². The van der Waals surface area contributed by atoms with Gasteiger partial charge in [0.05, 0.1) is 6.20 Å². The van der Waals surface area contributed by atoms with Crippen molar-refractivity contribution in [2.45, 2.75) is 38.1 Å². The van der Waals surface area contributed by atoms with Gasteiger partial charge in [-0.05, 0) is 25.1 Å². The fourth-order valence-electron chi connectivity index (χ4n) is 2.13. The highest BCUT2D eigenvalue weighted by molar-refractivity contribution is 7.80. The summed E-state index contributed by atoms with van der Waals surface area (Å²) in [4.78, 5) is 11.7. The van der Waals surface area contributed by atoms with Gasteiger partial charge in [-0.2, -0.15) is 0 Å². The van der Waals surface area contributed by atoms with Crippen LogP contribution in [0.3, 0.4) is 0 Å². The van der Waals surface area contributed by atoms with Gasteiger partial charge in [0.1, 0.15) is 5.70 Å². The van der Waals surface area contributed by atoms with Crippen LogP contribution in [0, 0.1) is 0 Å². The first-order chi connectivity index (χ1) is 9.65. The van der Waals surface area contributed by atoms with Gasteiger partial charge in [0.2, 0.25) is 5.11 Å². The van der Waals surface area contributed by atoms with Crippen molar-refractivity contribution in [1.29, 1.82) is 0 Å². The van der Waals surface area contributed by atoms with Crippen LogP contribution in [0.1, 0.15) is 32.1 Å². The van der Waals surface area contributed by atoms with E-state index in [2.05, 4.69) is 20.9 Å². The fraction of sp³-hybridized carbons (Fsp3) is 0.500. The maximum absolute atomic E-state index is 11.7. The second kappa shape index (κ2) is 7.11. The molecule has 1 saturated carbocycles. The van der Waals surface area contributed by atoms with E-state index in [4.69, 9.17) is 12.2 Å². The molecular formula is C12H17N5O2S. The summed E-state index contributed by atoms with van der Waals surface area (Å²) in [6.45, 7) is 0. The van der Waals surface area contributed by atoms with Crippen LogP contribution >= 0.6 is 12.2 Å². The van der Waals surface area contributed by atoms with Crippen molar-refractivity contribution in [2.24, 2.45) is 10.2 Å². The molecule has 7 nitrogen and oxygen atoms in total. The molecule has 1 aliphatic heterocycles. The minimum atomic E-state index is -0.596. The molecule has 0 unspecified atom stereocenters. The van der Waals surface area contributed by atoms with E-state index in [0.29, 0.717) is 6.04 Å². The maximum atomic E-state index is 11.7. The largest absolute Gasteiger partial charge is 0.357 e. The standard InChI is InChI=1S/C12H17N5O2S/c18-11(10-8-17(19)7-6-13-10)15-16-12(20)14-9-4-2-1-3-5-9/h6-9,13,19H,1-5H2,(H,14,20). The highest BCUT2D eigenvalue weighted by Crippen LogP contribution is 2.17. The third-order valence-corrected chi connectivity index (χ3v) is 3.32. The molecule has 2 rings (SSSR count). The van der Waals surface area contributed by atoms with Gasteiger partial charge in [-0.15, -0.1) is 10.2 Å². The third kappa shape index (κ3) is 4.39. The monoisotopic (exact) mass is 295 g/mol. The normalized spacial score (nSPS) is 19.6. The molecule has 0 saturated heterocycles. The van der Waals surface area contributed by atoms with Gasteiger partial charge in [-0.3, -0.25) is 10.0 Å². The Labute approximate surface area is 122 Å². The van der Waals surface area contributed by atoms with Crippen LogP contribution in [0.4, 0.5) is 0 Å². The fourth-order valence-corrected chi connectivity index (χ4v) is 2.34. The highest BCUT2D eigenvalue weighted by Gasteiger charge is 2.15. The number of hydroxylamine groups is 2. The molecule has 0 atom stereocenters. The minimum Gasteiger partial charge on any atom is -0.357 e. The molecule has 3 N–H and O–H groups in total. The second-order valence-electron chi connectivity index (χ2n) is 4.67. The van der Waals surface area contributed by atoms with Crippen molar-refractivity contribution in [3.63, 3.8) is 0 Å². The average molecular weight is 295 g/mol. The van der Waals surface area contributed by atoms with Crippen molar-refractivity contribution in [1.82, 2.24) is 15.7 Å². The Hall–Kier alpha value is -1.80. The molecule has 1 aliphatic carbocycles. The summed E-state index contributed by atoms with van der Waals surface area (Å²) in [6.07, 6.45) is 9.75. The van der Waals surface area contributed by atoms with E-state index in [1.165, 1.54) is 37.9 Å². The van der Waals surface area contributed by atoms with Crippen molar-refractivity contribution in [2.75, 3.05) is 0 Å². The molecule has 0 spiro atoms. The van der Waals surface area contributed by atoms with Gasteiger partial charge < -0.3 is 10.6 Å². The number of hydrogen-bond acceptors (Lipinski definition) is 5.